The fourth-order valence-electron chi connectivity index (χ4n) is 3.86. The van der Waals surface area contributed by atoms with Gasteiger partial charge in [-0.25, -0.2) is 4.39 Å². The van der Waals surface area contributed by atoms with Crippen molar-refractivity contribution in [3.05, 3.63) is 66.1 Å². The number of aromatic nitrogens is 1. The molecule has 3 aromatic rings. The van der Waals surface area contributed by atoms with E-state index in [1.165, 1.54) is 17.7 Å². The Hall–Kier alpha value is -2.30. The molecule has 2 heterocycles. The van der Waals surface area contributed by atoms with Gasteiger partial charge in [0.25, 0.3) is 0 Å². The lowest BCUT2D eigenvalue weighted by Gasteiger charge is -2.35. The lowest BCUT2D eigenvalue weighted by Crippen LogP contribution is -2.52. The standard InChI is InChI=1S/C23H26FN3/c1-16(2)23-15-27(12-11-26-23)14-17-3-8-21-20(9-10-25-22(21)13-17)18-4-6-19(24)7-5-18/h3-10,13,16,23,26H,11-12,14-15H2,1-2H3. The van der Waals surface area contributed by atoms with Gasteiger partial charge in [0.15, 0.2) is 0 Å². The molecule has 140 valence electrons. The summed E-state index contributed by atoms with van der Waals surface area (Å²) < 4.78 is 13.2. The molecule has 1 aliphatic heterocycles. The maximum Gasteiger partial charge on any atom is 0.123 e. The molecular formula is C23H26FN3. The molecule has 1 aromatic heterocycles. The molecule has 4 rings (SSSR count). The van der Waals surface area contributed by atoms with Crippen LogP contribution >= 0.6 is 0 Å². The van der Waals surface area contributed by atoms with E-state index in [2.05, 4.69) is 47.2 Å². The summed E-state index contributed by atoms with van der Waals surface area (Å²) in [6.45, 7) is 8.70. The summed E-state index contributed by atoms with van der Waals surface area (Å²) in [5.74, 6) is 0.430. The van der Waals surface area contributed by atoms with Crippen LogP contribution in [0.2, 0.25) is 0 Å². The van der Waals surface area contributed by atoms with Gasteiger partial charge in [-0.15, -0.1) is 0 Å². The molecular weight excluding hydrogens is 337 g/mol. The number of pyridine rings is 1. The summed E-state index contributed by atoms with van der Waals surface area (Å²) in [4.78, 5) is 7.10. The highest BCUT2D eigenvalue weighted by Crippen LogP contribution is 2.28. The van der Waals surface area contributed by atoms with Crippen LogP contribution < -0.4 is 5.32 Å². The van der Waals surface area contributed by atoms with Crippen LogP contribution in [0, 0.1) is 11.7 Å². The molecule has 1 N–H and O–H groups in total. The van der Waals surface area contributed by atoms with Gasteiger partial charge in [0.05, 0.1) is 5.52 Å². The van der Waals surface area contributed by atoms with Crippen molar-refractivity contribution in [2.24, 2.45) is 5.92 Å². The molecule has 0 bridgehead atoms. The number of nitrogens with zero attached hydrogens (tertiary/aromatic N) is 2. The molecule has 2 aromatic carbocycles. The second kappa shape index (κ2) is 7.75. The number of rotatable bonds is 4. The van der Waals surface area contributed by atoms with E-state index >= 15 is 0 Å². The summed E-state index contributed by atoms with van der Waals surface area (Å²) >= 11 is 0. The number of hydrogen-bond acceptors (Lipinski definition) is 3. The van der Waals surface area contributed by atoms with Gasteiger partial charge in [0.2, 0.25) is 0 Å². The molecule has 1 unspecified atom stereocenters. The van der Waals surface area contributed by atoms with Crippen molar-refractivity contribution in [3.63, 3.8) is 0 Å². The third-order valence-corrected chi connectivity index (χ3v) is 5.46. The molecule has 0 aliphatic carbocycles. The largest absolute Gasteiger partial charge is 0.311 e. The highest BCUT2D eigenvalue weighted by molar-refractivity contribution is 5.94. The first-order valence-corrected chi connectivity index (χ1v) is 9.69. The monoisotopic (exact) mass is 363 g/mol. The molecule has 27 heavy (non-hydrogen) atoms. The lowest BCUT2D eigenvalue weighted by molar-refractivity contribution is 0.168. The van der Waals surface area contributed by atoms with Crippen molar-refractivity contribution in [3.8, 4) is 11.1 Å². The first-order valence-electron chi connectivity index (χ1n) is 9.69. The average Bonchev–Trinajstić information content (AvgIpc) is 2.68. The van der Waals surface area contributed by atoms with Crippen LogP contribution in [0.5, 0.6) is 0 Å². The highest BCUT2D eigenvalue weighted by Gasteiger charge is 2.21. The maximum absolute atomic E-state index is 13.2. The number of nitrogens with one attached hydrogen (secondary N) is 1. The van der Waals surface area contributed by atoms with E-state index < -0.39 is 0 Å². The van der Waals surface area contributed by atoms with E-state index in [1.54, 1.807) is 0 Å². The summed E-state index contributed by atoms with van der Waals surface area (Å²) in [6, 6.07) is 15.8. The zero-order valence-corrected chi connectivity index (χ0v) is 16.0. The SMILES string of the molecule is CC(C)C1CN(Cc2ccc3c(-c4ccc(F)cc4)ccnc3c2)CCN1. The highest BCUT2D eigenvalue weighted by atomic mass is 19.1. The van der Waals surface area contributed by atoms with Crippen LogP contribution in [-0.4, -0.2) is 35.6 Å². The molecule has 1 saturated heterocycles. The fraction of sp³-hybridized carbons (Fsp3) is 0.348. The molecule has 0 spiro atoms. The summed E-state index contributed by atoms with van der Waals surface area (Å²) in [5.41, 5.74) is 4.38. The Morgan fingerprint density at radius 1 is 1.15 bits per heavy atom. The van der Waals surface area contributed by atoms with Crippen LogP contribution in [0.4, 0.5) is 4.39 Å². The topological polar surface area (TPSA) is 28.2 Å². The molecule has 1 aliphatic rings. The van der Waals surface area contributed by atoms with Gasteiger partial charge in [-0.2, -0.15) is 0 Å². The Labute approximate surface area is 160 Å². The Kier molecular flexibility index (Phi) is 5.19. The number of halogens is 1. The van der Waals surface area contributed by atoms with E-state index in [1.807, 2.05) is 24.4 Å². The smallest absolute Gasteiger partial charge is 0.123 e. The van der Waals surface area contributed by atoms with Crippen molar-refractivity contribution >= 4 is 10.9 Å². The predicted octanol–water partition coefficient (Wildman–Crippen LogP) is 4.47. The zero-order valence-electron chi connectivity index (χ0n) is 16.0. The van der Waals surface area contributed by atoms with Crippen molar-refractivity contribution in [1.29, 1.82) is 0 Å². The van der Waals surface area contributed by atoms with E-state index in [4.69, 9.17) is 0 Å². The third kappa shape index (κ3) is 4.02. The van der Waals surface area contributed by atoms with Crippen LogP contribution in [-0.2, 0) is 6.54 Å². The molecule has 4 heteroatoms. The Morgan fingerprint density at radius 3 is 2.74 bits per heavy atom. The minimum atomic E-state index is -0.213. The second-order valence-corrected chi connectivity index (χ2v) is 7.76. The normalized spacial score (nSPS) is 18.3. The fourth-order valence-corrected chi connectivity index (χ4v) is 3.86. The Bertz CT molecular complexity index is 921. The molecule has 0 saturated carbocycles. The van der Waals surface area contributed by atoms with Crippen molar-refractivity contribution in [1.82, 2.24) is 15.2 Å². The first-order chi connectivity index (χ1) is 13.1. The van der Waals surface area contributed by atoms with Gasteiger partial charge in [-0.1, -0.05) is 38.1 Å². The van der Waals surface area contributed by atoms with E-state index in [0.717, 1.165) is 48.2 Å². The Balaban J connectivity index is 1.59. The van der Waals surface area contributed by atoms with Crippen LogP contribution in [0.25, 0.3) is 22.0 Å². The van der Waals surface area contributed by atoms with Crippen LogP contribution in [0.1, 0.15) is 19.4 Å². The predicted molar refractivity (Wildman–Crippen MR) is 109 cm³/mol. The van der Waals surface area contributed by atoms with Crippen LogP contribution in [0.3, 0.4) is 0 Å². The minimum absolute atomic E-state index is 0.213. The lowest BCUT2D eigenvalue weighted by atomic mass is 9.99. The van der Waals surface area contributed by atoms with E-state index in [9.17, 15) is 4.39 Å². The van der Waals surface area contributed by atoms with Gasteiger partial charge in [-0.3, -0.25) is 9.88 Å². The van der Waals surface area contributed by atoms with Crippen LogP contribution in [0.15, 0.2) is 54.7 Å². The number of fused-ring (bicyclic) bond motifs is 1. The number of benzene rings is 2. The quantitative estimate of drug-likeness (QED) is 0.741. The van der Waals surface area contributed by atoms with Gasteiger partial charge in [0.1, 0.15) is 5.82 Å². The van der Waals surface area contributed by atoms with Gasteiger partial charge >= 0.3 is 0 Å². The second-order valence-electron chi connectivity index (χ2n) is 7.76. The van der Waals surface area contributed by atoms with Gasteiger partial charge in [-0.05, 0) is 46.9 Å². The molecule has 0 amide bonds. The molecule has 3 nitrogen and oxygen atoms in total. The summed E-state index contributed by atoms with van der Waals surface area (Å²) in [5, 5.41) is 4.72. The molecule has 0 radical (unpaired) electrons. The number of hydrogen-bond donors (Lipinski definition) is 1. The molecule has 1 fully saturated rings. The number of piperazine rings is 1. The van der Waals surface area contributed by atoms with Crippen molar-refractivity contribution in [2.75, 3.05) is 19.6 Å². The Morgan fingerprint density at radius 2 is 1.96 bits per heavy atom. The minimum Gasteiger partial charge on any atom is -0.311 e. The van der Waals surface area contributed by atoms with E-state index in [-0.39, 0.29) is 5.82 Å². The summed E-state index contributed by atoms with van der Waals surface area (Å²) in [7, 11) is 0. The molecule has 1 atom stereocenters. The average molecular weight is 363 g/mol. The van der Waals surface area contributed by atoms with Crippen molar-refractivity contribution in [2.45, 2.75) is 26.4 Å². The first kappa shape index (κ1) is 18.1. The zero-order chi connectivity index (χ0) is 18.8. The third-order valence-electron chi connectivity index (χ3n) is 5.46. The van der Waals surface area contributed by atoms with E-state index in [0.29, 0.717) is 12.0 Å². The van der Waals surface area contributed by atoms with Crippen molar-refractivity contribution < 1.29 is 4.39 Å². The van der Waals surface area contributed by atoms with Gasteiger partial charge in [0, 0.05) is 43.8 Å². The van der Waals surface area contributed by atoms with Gasteiger partial charge < -0.3 is 5.32 Å². The summed E-state index contributed by atoms with van der Waals surface area (Å²) in [6.07, 6.45) is 1.84. The maximum atomic E-state index is 13.2.